The lowest BCUT2D eigenvalue weighted by Gasteiger charge is -2.46. The van der Waals surface area contributed by atoms with Gasteiger partial charge in [-0.15, -0.1) is 4.36 Å². The zero-order valence-electron chi connectivity index (χ0n) is 28.7. The molecule has 0 saturated heterocycles. The largest absolute Gasteiger partial charge is 0.490 e. The Morgan fingerprint density at radius 1 is 1.18 bits per heavy atom. The molecule has 1 aromatic heterocycles. The Balaban J connectivity index is 1.21. The molecule has 2 aliphatic heterocycles. The number of aryl methyl sites for hydroxylation is 1. The molecule has 2 unspecified atom stereocenters. The average Bonchev–Trinajstić information content (AvgIpc) is 3.75. The standard InChI is InChI=1S/C38H44ClN5O5S/c1-23-5-4-6-34(48-3)29-10-7-25(29)19-44-21-38(16-26-13-30(26)31-15-28(39)9-11-32(31)38)22-49-35-12-8-24(14-33(35)44)36(45)41-50(47,20-23)42-37(46)27-17-40-43(2)18-27/h4,6,8-9,11-12,14-15,17-18,23,25-26,29-30,34H,5,7,10,13,16,19-22H2,1-3H3,(H,41,42,45,46,47)/b6-4+/t23-,25-,26-,29+,30?,34-,38-,50?/m0/s1. The highest BCUT2D eigenvalue weighted by atomic mass is 35.5. The molecule has 3 heterocycles. The fraction of sp³-hybridized carbons (Fsp3) is 0.500. The summed E-state index contributed by atoms with van der Waals surface area (Å²) in [5, 5.41) is 4.83. The Morgan fingerprint density at radius 2 is 2.04 bits per heavy atom. The van der Waals surface area contributed by atoms with Crippen LogP contribution in [0.3, 0.4) is 0 Å². The third-order valence-corrected chi connectivity index (χ3v) is 13.8. The zero-order valence-corrected chi connectivity index (χ0v) is 30.3. The number of nitrogens with zero attached hydrogens (tertiary/aromatic N) is 4. The smallest absolute Gasteiger partial charge is 0.286 e. The number of amides is 2. The van der Waals surface area contributed by atoms with Crippen molar-refractivity contribution in [3.8, 4) is 5.75 Å². The Kier molecular flexibility index (Phi) is 8.59. The number of hydrogen-bond acceptors (Lipinski definition) is 7. The third-order valence-electron chi connectivity index (χ3n) is 11.6. The first kappa shape index (κ1) is 33.5. The predicted molar refractivity (Wildman–Crippen MR) is 193 cm³/mol. The van der Waals surface area contributed by atoms with Crippen LogP contribution in [-0.4, -0.2) is 64.5 Å². The summed E-state index contributed by atoms with van der Waals surface area (Å²) in [6.07, 6.45) is 12.1. The maximum atomic E-state index is 14.4. The molecule has 8 rings (SSSR count). The fourth-order valence-corrected chi connectivity index (χ4v) is 10.9. The van der Waals surface area contributed by atoms with Crippen LogP contribution in [-0.2, 0) is 27.1 Å². The summed E-state index contributed by atoms with van der Waals surface area (Å²) in [6, 6.07) is 11.7. The van der Waals surface area contributed by atoms with Crippen molar-refractivity contribution in [3.05, 3.63) is 88.2 Å². The van der Waals surface area contributed by atoms with E-state index in [9.17, 15) is 13.8 Å². The van der Waals surface area contributed by atoms with E-state index in [0.717, 1.165) is 43.1 Å². The van der Waals surface area contributed by atoms with Crippen LogP contribution in [0, 0.1) is 23.7 Å². The lowest BCUT2D eigenvalue weighted by Crippen LogP contribution is -2.49. The SMILES string of the molecule is CO[C@H]1/C=C/C[C@H](C)CS(=O)(NC(=O)c2cnn(C)c2)=NC(=O)c2ccc3c(c2)N(C[C@@H]2CC[C@H]21)C[C@]1(CO3)C[C@@H]2CC2c2cc(Cl)ccc21. The minimum absolute atomic E-state index is 0.00701. The van der Waals surface area contributed by atoms with E-state index in [1.54, 1.807) is 20.2 Å². The van der Waals surface area contributed by atoms with Crippen molar-refractivity contribution in [2.45, 2.75) is 56.5 Å². The number of ether oxygens (including phenoxy) is 2. The summed E-state index contributed by atoms with van der Waals surface area (Å²) < 4.78 is 35.6. The number of methoxy groups -OCH3 is 1. The van der Waals surface area contributed by atoms with Crippen molar-refractivity contribution < 1.29 is 23.3 Å². The van der Waals surface area contributed by atoms with Gasteiger partial charge in [0, 0.05) is 49.4 Å². The number of rotatable bonds is 3. The van der Waals surface area contributed by atoms with Gasteiger partial charge in [-0.1, -0.05) is 36.7 Å². The number of carbonyl (C=O) groups excluding carboxylic acids is 2. The van der Waals surface area contributed by atoms with Gasteiger partial charge >= 0.3 is 0 Å². The molecule has 0 radical (unpaired) electrons. The summed E-state index contributed by atoms with van der Waals surface area (Å²) in [4.78, 5) is 29.6. The predicted octanol–water partition coefficient (Wildman–Crippen LogP) is 6.31. The molecule has 5 aliphatic rings. The molecule has 10 nitrogen and oxygen atoms in total. The lowest BCUT2D eigenvalue weighted by atomic mass is 9.68. The topological polar surface area (TPSA) is 115 Å². The van der Waals surface area contributed by atoms with Crippen molar-refractivity contribution >= 4 is 39.0 Å². The van der Waals surface area contributed by atoms with Crippen molar-refractivity contribution in [1.29, 1.82) is 0 Å². The number of hydrogen-bond donors (Lipinski definition) is 1. The van der Waals surface area contributed by atoms with Gasteiger partial charge in [-0.2, -0.15) is 5.10 Å². The monoisotopic (exact) mass is 717 g/mol. The molecule has 1 spiro atoms. The van der Waals surface area contributed by atoms with E-state index >= 15 is 0 Å². The second-order valence-electron chi connectivity index (χ2n) is 15.2. The molecule has 1 N–H and O–H groups in total. The number of carbonyl (C=O) groups is 2. The average molecular weight is 718 g/mol. The lowest BCUT2D eigenvalue weighted by molar-refractivity contribution is 0.0131. The molecule has 264 valence electrons. The quantitative estimate of drug-likeness (QED) is 0.316. The molecule has 3 aliphatic carbocycles. The van der Waals surface area contributed by atoms with E-state index in [0.29, 0.717) is 48.0 Å². The van der Waals surface area contributed by atoms with Crippen molar-refractivity contribution in [1.82, 2.24) is 14.5 Å². The summed E-state index contributed by atoms with van der Waals surface area (Å²) in [6.45, 7) is 4.00. The van der Waals surface area contributed by atoms with Gasteiger partial charge in [0.2, 0.25) is 0 Å². The number of nitrogens with one attached hydrogen (secondary N) is 1. The van der Waals surface area contributed by atoms with Crippen LogP contribution >= 0.6 is 11.6 Å². The van der Waals surface area contributed by atoms with Crippen LogP contribution in [0.25, 0.3) is 0 Å². The first-order valence-electron chi connectivity index (χ1n) is 17.6. The summed E-state index contributed by atoms with van der Waals surface area (Å²) in [5.41, 5.74) is 3.79. The van der Waals surface area contributed by atoms with Crippen LogP contribution in [0.15, 0.2) is 65.3 Å². The minimum Gasteiger partial charge on any atom is -0.490 e. The van der Waals surface area contributed by atoms with Crippen LogP contribution < -0.4 is 14.4 Å². The molecule has 2 saturated carbocycles. The van der Waals surface area contributed by atoms with Gasteiger partial charge in [0.1, 0.15) is 15.7 Å². The molecule has 2 bridgehead atoms. The number of anilines is 1. The van der Waals surface area contributed by atoms with Crippen LogP contribution in [0.1, 0.15) is 76.8 Å². The van der Waals surface area contributed by atoms with Gasteiger partial charge in [0.15, 0.2) is 0 Å². The Labute approximate surface area is 298 Å². The van der Waals surface area contributed by atoms with Crippen molar-refractivity contribution in [2.75, 3.05) is 37.5 Å². The van der Waals surface area contributed by atoms with Gasteiger partial charge in [0.25, 0.3) is 11.8 Å². The van der Waals surface area contributed by atoms with Gasteiger partial charge in [0.05, 0.1) is 35.9 Å². The maximum absolute atomic E-state index is 14.4. The maximum Gasteiger partial charge on any atom is 0.286 e. The normalized spacial score (nSPS) is 33.8. The van der Waals surface area contributed by atoms with Gasteiger partial charge in [-0.25, -0.2) is 4.21 Å². The highest BCUT2D eigenvalue weighted by Gasteiger charge is 2.54. The number of aromatic nitrogens is 2. The molecule has 2 amide bonds. The van der Waals surface area contributed by atoms with Gasteiger partial charge in [-0.05, 0) is 103 Å². The van der Waals surface area contributed by atoms with E-state index in [4.69, 9.17) is 21.1 Å². The molecule has 8 atom stereocenters. The van der Waals surface area contributed by atoms with E-state index in [1.165, 1.54) is 34.6 Å². The van der Waals surface area contributed by atoms with E-state index in [1.807, 2.05) is 25.1 Å². The van der Waals surface area contributed by atoms with Crippen LogP contribution in [0.5, 0.6) is 5.75 Å². The number of allylic oxidation sites excluding steroid dienone is 1. The Morgan fingerprint density at radius 3 is 2.80 bits per heavy atom. The molecule has 50 heavy (non-hydrogen) atoms. The van der Waals surface area contributed by atoms with Gasteiger partial charge in [-0.3, -0.25) is 19.0 Å². The first-order valence-corrected chi connectivity index (χ1v) is 19.7. The fourth-order valence-electron chi connectivity index (χ4n) is 8.83. The second kappa shape index (κ2) is 12.8. The molecular formula is C38H44ClN5O5S. The summed E-state index contributed by atoms with van der Waals surface area (Å²) in [5.74, 6) is 1.24. The zero-order chi connectivity index (χ0) is 34.8. The molecule has 2 aromatic carbocycles. The third kappa shape index (κ3) is 6.26. The van der Waals surface area contributed by atoms with Gasteiger partial charge < -0.3 is 14.4 Å². The van der Waals surface area contributed by atoms with Crippen molar-refractivity contribution in [3.63, 3.8) is 0 Å². The van der Waals surface area contributed by atoms with Crippen LogP contribution in [0.2, 0.25) is 5.02 Å². The molecular weight excluding hydrogens is 674 g/mol. The minimum atomic E-state index is -3.51. The molecule has 12 heteroatoms. The molecule has 3 aromatic rings. The van der Waals surface area contributed by atoms with Crippen LogP contribution in [0.4, 0.5) is 5.69 Å². The van der Waals surface area contributed by atoms with E-state index in [-0.39, 0.29) is 28.8 Å². The molecule has 2 fully saturated rings. The first-order chi connectivity index (χ1) is 24.0. The van der Waals surface area contributed by atoms with E-state index < -0.39 is 21.7 Å². The Bertz CT molecular complexity index is 2000. The van der Waals surface area contributed by atoms with Crippen molar-refractivity contribution in [2.24, 2.45) is 35.1 Å². The highest BCUT2D eigenvalue weighted by Crippen LogP contribution is 2.61. The summed E-state index contributed by atoms with van der Waals surface area (Å²) in [7, 11) is -0.0496. The second-order valence-corrected chi connectivity index (χ2v) is 17.6. The number of halogens is 1. The van der Waals surface area contributed by atoms with E-state index in [2.05, 4.69) is 43.4 Å². The number of benzene rings is 2. The number of fused-ring (bicyclic) bond motifs is 6. The summed E-state index contributed by atoms with van der Waals surface area (Å²) >= 11 is 6.53. The Hall–Kier alpha value is -3.67. The highest BCUT2D eigenvalue weighted by molar-refractivity contribution is 7.92.